The van der Waals surface area contributed by atoms with Gasteiger partial charge in [-0.3, -0.25) is 4.79 Å². The quantitative estimate of drug-likeness (QED) is 0.782. The van der Waals surface area contributed by atoms with Gasteiger partial charge < -0.3 is 5.73 Å². The van der Waals surface area contributed by atoms with Gasteiger partial charge in [-0.2, -0.15) is 5.10 Å². The molecular formula is C10H18N4O. The van der Waals surface area contributed by atoms with Gasteiger partial charge in [-0.1, -0.05) is 20.8 Å². The Morgan fingerprint density at radius 1 is 1.40 bits per heavy atom. The zero-order valence-electron chi connectivity index (χ0n) is 9.53. The number of rotatable bonds is 5. The minimum atomic E-state index is -0.368. The predicted molar refractivity (Wildman–Crippen MR) is 57.3 cm³/mol. The lowest BCUT2D eigenvalue weighted by molar-refractivity contribution is -0.121. The van der Waals surface area contributed by atoms with Crippen LogP contribution in [0.25, 0.3) is 0 Å². The van der Waals surface area contributed by atoms with E-state index < -0.39 is 0 Å². The molecule has 1 heterocycles. The first kappa shape index (κ1) is 11.7. The van der Waals surface area contributed by atoms with Crippen molar-refractivity contribution in [2.24, 2.45) is 5.73 Å². The molecule has 1 aromatic rings. The van der Waals surface area contributed by atoms with Gasteiger partial charge in [0.25, 0.3) is 0 Å². The van der Waals surface area contributed by atoms with Crippen LogP contribution in [-0.4, -0.2) is 20.7 Å². The van der Waals surface area contributed by atoms with Crippen molar-refractivity contribution in [3.63, 3.8) is 0 Å². The van der Waals surface area contributed by atoms with E-state index in [1.54, 1.807) is 4.68 Å². The number of primary amides is 1. The number of carbonyl (C=O) groups excluding carboxylic acids is 1. The Hall–Kier alpha value is -1.39. The van der Waals surface area contributed by atoms with E-state index in [1.807, 2.05) is 20.8 Å². The lowest BCUT2D eigenvalue weighted by atomic mass is 10.2. The number of hydrogen-bond donors (Lipinski definition) is 1. The fourth-order valence-corrected chi connectivity index (χ4v) is 1.54. The van der Waals surface area contributed by atoms with Crippen LogP contribution in [-0.2, 0) is 17.6 Å². The molecule has 84 valence electrons. The molecule has 0 aliphatic rings. The van der Waals surface area contributed by atoms with E-state index in [2.05, 4.69) is 10.1 Å². The summed E-state index contributed by atoms with van der Waals surface area (Å²) in [6, 6.07) is -0.368. The van der Waals surface area contributed by atoms with Gasteiger partial charge in [-0.05, 0) is 6.42 Å². The van der Waals surface area contributed by atoms with Crippen molar-refractivity contribution in [2.45, 2.75) is 46.1 Å². The van der Waals surface area contributed by atoms with Crippen LogP contribution >= 0.6 is 0 Å². The third-order valence-electron chi connectivity index (χ3n) is 2.39. The van der Waals surface area contributed by atoms with Crippen LogP contribution in [0.4, 0.5) is 0 Å². The lowest BCUT2D eigenvalue weighted by Gasteiger charge is -2.12. The summed E-state index contributed by atoms with van der Waals surface area (Å²) < 4.78 is 1.67. The fraction of sp³-hybridized carbons (Fsp3) is 0.700. The van der Waals surface area contributed by atoms with E-state index in [4.69, 9.17) is 5.73 Å². The van der Waals surface area contributed by atoms with Crippen molar-refractivity contribution < 1.29 is 4.79 Å². The maximum atomic E-state index is 11.2. The molecule has 0 spiro atoms. The molecule has 0 saturated carbocycles. The molecule has 0 saturated heterocycles. The number of nitrogens with two attached hydrogens (primary N) is 1. The minimum absolute atomic E-state index is 0.347. The second-order valence-electron chi connectivity index (χ2n) is 3.42. The number of carbonyl (C=O) groups is 1. The molecule has 2 N–H and O–H groups in total. The molecule has 1 aromatic heterocycles. The first-order valence-corrected chi connectivity index (χ1v) is 5.37. The maximum absolute atomic E-state index is 11.2. The largest absolute Gasteiger partial charge is 0.368 e. The molecule has 0 fully saturated rings. The molecule has 0 aromatic carbocycles. The highest BCUT2D eigenvalue weighted by Crippen LogP contribution is 2.13. The molecule has 1 atom stereocenters. The van der Waals surface area contributed by atoms with Crippen molar-refractivity contribution in [2.75, 3.05) is 0 Å². The van der Waals surface area contributed by atoms with Crippen molar-refractivity contribution in [1.82, 2.24) is 14.8 Å². The van der Waals surface area contributed by atoms with Gasteiger partial charge in [-0.15, -0.1) is 0 Å². The second-order valence-corrected chi connectivity index (χ2v) is 3.42. The molecule has 0 aliphatic heterocycles. The van der Waals surface area contributed by atoms with E-state index >= 15 is 0 Å². The standard InChI is InChI=1S/C10H18N4O/c1-4-7(10(11)15)14-9(6-3)12-8(5-2)13-14/h7H,4-6H2,1-3H3,(H2,11,15). The molecular weight excluding hydrogens is 192 g/mol. The van der Waals surface area contributed by atoms with Crippen LogP contribution in [0.2, 0.25) is 0 Å². The van der Waals surface area contributed by atoms with Crippen molar-refractivity contribution in [3.8, 4) is 0 Å². The molecule has 5 nitrogen and oxygen atoms in total. The zero-order chi connectivity index (χ0) is 11.4. The summed E-state index contributed by atoms with van der Waals surface area (Å²) in [7, 11) is 0. The molecule has 15 heavy (non-hydrogen) atoms. The number of hydrogen-bond acceptors (Lipinski definition) is 3. The fourth-order valence-electron chi connectivity index (χ4n) is 1.54. The molecule has 0 bridgehead atoms. The molecule has 0 aliphatic carbocycles. The van der Waals surface area contributed by atoms with Crippen LogP contribution in [0.3, 0.4) is 0 Å². The van der Waals surface area contributed by atoms with Crippen molar-refractivity contribution in [1.29, 1.82) is 0 Å². The molecule has 0 radical (unpaired) electrons. The van der Waals surface area contributed by atoms with Gasteiger partial charge >= 0.3 is 0 Å². The normalized spacial score (nSPS) is 12.7. The summed E-state index contributed by atoms with van der Waals surface area (Å²) in [6.45, 7) is 5.90. The van der Waals surface area contributed by atoms with Crippen LogP contribution in [0.5, 0.6) is 0 Å². The van der Waals surface area contributed by atoms with Crippen LogP contribution in [0, 0.1) is 0 Å². The number of aryl methyl sites for hydroxylation is 2. The van der Waals surface area contributed by atoms with Gasteiger partial charge in [0.05, 0.1) is 0 Å². The van der Waals surface area contributed by atoms with Gasteiger partial charge in [0.15, 0.2) is 5.82 Å². The summed E-state index contributed by atoms with van der Waals surface area (Å²) >= 11 is 0. The summed E-state index contributed by atoms with van der Waals surface area (Å²) in [5.74, 6) is 1.25. The Morgan fingerprint density at radius 2 is 2.07 bits per heavy atom. The monoisotopic (exact) mass is 210 g/mol. The zero-order valence-corrected chi connectivity index (χ0v) is 9.53. The first-order valence-electron chi connectivity index (χ1n) is 5.37. The molecule has 1 amide bonds. The Kier molecular flexibility index (Phi) is 3.82. The van der Waals surface area contributed by atoms with Crippen LogP contribution in [0.1, 0.15) is 44.9 Å². The first-order chi connectivity index (χ1) is 7.13. The molecule has 1 unspecified atom stereocenters. The van der Waals surface area contributed by atoms with Gasteiger partial charge in [0.2, 0.25) is 5.91 Å². The lowest BCUT2D eigenvalue weighted by Crippen LogP contribution is -2.28. The van der Waals surface area contributed by atoms with E-state index in [9.17, 15) is 4.79 Å². The van der Waals surface area contributed by atoms with E-state index in [-0.39, 0.29) is 11.9 Å². The topological polar surface area (TPSA) is 73.8 Å². The molecule has 1 rings (SSSR count). The third kappa shape index (κ3) is 2.34. The van der Waals surface area contributed by atoms with Crippen LogP contribution < -0.4 is 5.73 Å². The number of aromatic nitrogens is 3. The van der Waals surface area contributed by atoms with Gasteiger partial charge in [0.1, 0.15) is 11.9 Å². The SMILES string of the molecule is CCc1nc(CC)n(C(CC)C(N)=O)n1. The second kappa shape index (κ2) is 4.91. The average molecular weight is 210 g/mol. The van der Waals surface area contributed by atoms with Gasteiger partial charge in [0, 0.05) is 12.8 Å². The Balaban J connectivity index is 3.09. The van der Waals surface area contributed by atoms with Crippen molar-refractivity contribution >= 4 is 5.91 Å². The maximum Gasteiger partial charge on any atom is 0.242 e. The van der Waals surface area contributed by atoms with E-state index in [0.717, 1.165) is 24.5 Å². The highest BCUT2D eigenvalue weighted by Gasteiger charge is 2.20. The third-order valence-corrected chi connectivity index (χ3v) is 2.39. The minimum Gasteiger partial charge on any atom is -0.368 e. The Bertz CT molecular complexity index is 345. The Labute approximate surface area is 89.7 Å². The average Bonchev–Trinajstić information content (AvgIpc) is 2.61. The Morgan fingerprint density at radius 3 is 2.47 bits per heavy atom. The summed E-state index contributed by atoms with van der Waals surface area (Å²) in [6.07, 6.45) is 2.18. The van der Waals surface area contributed by atoms with E-state index in [1.165, 1.54) is 0 Å². The number of nitrogens with zero attached hydrogens (tertiary/aromatic N) is 3. The number of amides is 1. The van der Waals surface area contributed by atoms with Crippen LogP contribution in [0.15, 0.2) is 0 Å². The van der Waals surface area contributed by atoms with Crippen molar-refractivity contribution in [3.05, 3.63) is 11.6 Å². The highest BCUT2D eigenvalue weighted by atomic mass is 16.1. The van der Waals surface area contributed by atoms with E-state index in [0.29, 0.717) is 6.42 Å². The predicted octanol–water partition coefficient (Wildman–Crippen LogP) is 0.839. The summed E-state index contributed by atoms with van der Waals surface area (Å²) in [5, 5.41) is 4.30. The summed E-state index contributed by atoms with van der Waals surface area (Å²) in [4.78, 5) is 15.6. The molecule has 5 heteroatoms. The highest BCUT2D eigenvalue weighted by molar-refractivity contribution is 5.78. The van der Waals surface area contributed by atoms with Gasteiger partial charge in [-0.25, -0.2) is 9.67 Å². The summed E-state index contributed by atoms with van der Waals surface area (Å²) in [5.41, 5.74) is 5.33. The smallest absolute Gasteiger partial charge is 0.242 e.